The van der Waals surface area contributed by atoms with E-state index in [9.17, 15) is 19.5 Å². The van der Waals surface area contributed by atoms with Crippen molar-refractivity contribution in [2.24, 2.45) is 11.3 Å². The molecule has 2 aliphatic rings. The van der Waals surface area contributed by atoms with Crippen molar-refractivity contribution < 1.29 is 29.0 Å². The molecule has 0 amide bonds. The van der Waals surface area contributed by atoms with Crippen LogP contribution in [0.4, 0.5) is 0 Å². The van der Waals surface area contributed by atoms with E-state index in [-0.39, 0.29) is 12.2 Å². The molecule has 0 unspecified atom stereocenters. The van der Waals surface area contributed by atoms with Gasteiger partial charge in [-0.2, -0.15) is 0 Å². The number of ether oxygens (including phenoxy) is 2. The van der Waals surface area contributed by atoms with E-state index in [4.69, 9.17) is 9.47 Å². The number of Topliss-reactive ketones (excluding diaryl/α,β-unsaturated/α-hetero) is 1. The fraction of sp³-hybridized carbons (Fsp3) is 0.783. The van der Waals surface area contributed by atoms with Crippen molar-refractivity contribution in [2.75, 3.05) is 0 Å². The van der Waals surface area contributed by atoms with Gasteiger partial charge in [-0.25, -0.2) is 4.79 Å². The molecule has 2 fully saturated rings. The van der Waals surface area contributed by atoms with Gasteiger partial charge < -0.3 is 14.6 Å². The molecule has 0 spiro atoms. The first-order valence-corrected chi connectivity index (χ1v) is 10.6. The van der Waals surface area contributed by atoms with E-state index in [0.717, 1.165) is 0 Å². The monoisotopic (exact) mass is 408 g/mol. The zero-order chi connectivity index (χ0) is 22.1. The highest BCUT2D eigenvalue weighted by Gasteiger charge is 2.63. The number of ketones is 1. The van der Waals surface area contributed by atoms with Gasteiger partial charge in [-0.05, 0) is 73.6 Å². The van der Waals surface area contributed by atoms with Crippen molar-refractivity contribution in [3.63, 3.8) is 0 Å². The molecule has 2 rings (SSSR count). The van der Waals surface area contributed by atoms with Crippen LogP contribution in [0.1, 0.15) is 86.5 Å². The van der Waals surface area contributed by atoms with Crippen molar-refractivity contribution in [1.29, 1.82) is 0 Å². The van der Waals surface area contributed by atoms with Crippen molar-refractivity contribution in [1.82, 2.24) is 0 Å². The first kappa shape index (κ1) is 23.6. The molecule has 1 N–H and O–H groups in total. The summed E-state index contributed by atoms with van der Waals surface area (Å²) in [5.74, 6) is -1.71. The molecule has 6 nitrogen and oxygen atoms in total. The second-order valence-corrected chi connectivity index (χ2v) is 10.4. The third-order valence-corrected chi connectivity index (χ3v) is 5.82. The number of hydrogen-bond donors (Lipinski definition) is 1. The lowest BCUT2D eigenvalue weighted by Crippen LogP contribution is -2.63. The Balaban J connectivity index is 2.29. The van der Waals surface area contributed by atoms with Crippen LogP contribution in [-0.2, 0) is 23.9 Å². The summed E-state index contributed by atoms with van der Waals surface area (Å²) in [6, 6.07) is 0. The number of carbonyl (C=O) groups excluding carboxylic acids is 3. The van der Waals surface area contributed by atoms with Crippen molar-refractivity contribution in [3.8, 4) is 0 Å². The van der Waals surface area contributed by atoms with E-state index in [1.807, 2.05) is 0 Å². The second-order valence-electron chi connectivity index (χ2n) is 10.4. The van der Waals surface area contributed by atoms with Crippen molar-refractivity contribution in [2.45, 2.75) is 103 Å². The van der Waals surface area contributed by atoms with Gasteiger partial charge in [0.2, 0.25) is 0 Å². The third-order valence-electron chi connectivity index (χ3n) is 5.82. The largest absolute Gasteiger partial charge is 0.460 e. The van der Waals surface area contributed by atoms with Gasteiger partial charge >= 0.3 is 11.9 Å². The molecule has 2 saturated carbocycles. The first-order chi connectivity index (χ1) is 13.2. The van der Waals surface area contributed by atoms with Gasteiger partial charge in [-0.15, -0.1) is 0 Å². The maximum absolute atomic E-state index is 13.1. The highest BCUT2D eigenvalue weighted by Crippen LogP contribution is 2.56. The van der Waals surface area contributed by atoms with Crippen molar-refractivity contribution >= 4 is 17.7 Å². The quantitative estimate of drug-likeness (QED) is 0.561. The number of fused-ring (bicyclic) bond motifs is 1. The summed E-state index contributed by atoms with van der Waals surface area (Å²) in [6.07, 6.45) is 6.09. The van der Waals surface area contributed by atoms with Crippen LogP contribution in [-0.4, -0.2) is 39.6 Å². The molecule has 0 aromatic carbocycles. The molecule has 0 saturated heterocycles. The average Bonchev–Trinajstić information content (AvgIpc) is 2.52. The number of carbonyl (C=O) groups is 3. The van der Waals surface area contributed by atoms with Gasteiger partial charge in [0.05, 0.1) is 16.9 Å². The Bertz CT molecular complexity index is 680. The minimum absolute atomic E-state index is 0.0339. The number of rotatable bonds is 4. The topological polar surface area (TPSA) is 89.9 Å². The highest BCUT2D eigenvalue weighted by molar-refractivity contribution is 5.90. The summed E-state index contributed by atoms with van der Waals surface area (Å²) in [7, 11) is 0. The van der Waals surface area contributed by atoms with Gasteiger partial charge in [0, 0.05) is 12.5 Å². The van der Waals surface area contributed by atoms with Crippen LogP contribution in [0.25, 0.3) is 0 Å². The number of esters is 2. The Morgan fingerprint density at radius 1 is 1.07 bits per heavy atom. The second kappa shape index (κ2) is 8.21. The normalized spacial score (nSPS) is 30.7. The van der Waals surface area contributed by atoms with E-state index in [2.05, 4.69) is 0 Å². The summed E-state index contributed by atoms with van der Waals surface area (Å²) in [4.78, 5) is 37.9. The first-order valence-electron chi connectivity index (χ1n) is 10.6. The molecule has 29 heavy (non-hydrogen) atoms. The van der Waals surface area contributed by atoms with E-state index >= 15 is 0 Å². The minimum atomic E-state index is -1.46. The molecule has 0 aromatic heterocycles. The van der Waals surface area contributed by atoms with Crippen LogP contribution >= 0.6 is 0 Å². The molecule has 6 heteroatoms. The van der Waals surface area contributed by atoms with Crippen LogP contribution in [0.3, 0.4) is 0 Å². The molecular formula is C23H36O6. The van der Waals surface area contributed by atoms with Crippen LogP contribution < -0.4 is 0 Å². The Morgan fingerprint density at radius 3 is 2.28 bits per heavy atom. The Morgan fingerprint density at radius 2 is 1.69 bits per heavy atom. The predicted molar refractivity (Wildman–Crippen MR) is 109 cm³/mol. The highest BCUT2D eigenvalue weighted by atomic mass is 16.6. The number of hydrogen-bond acceptors (Lipinski definition) is 6. The van der Waals surface area contributed by atoms with Crippen molar-refractivity contribution in [3.05, 3.63) is 12.2 Å². The molecule has 3 atom stereocenters. The summed E-state index contributed by atoms with van der Waals surface area (Å²) < 4.78 is 10.8. The smallest absolute Gasteiger partial charge is 0.330 e. The van der Waals surface area contributed by atoms with E-state index in [1.165, 1.54) is 6.08 Å². The van der Waals surface area contributed by atoms with Crippen LogP contribution in [0.5, 0.6) is 0 Å². The van der Waals surface area contributed by atoms with Crippen LogP contribution in [0.2, 0.25) is 0 Å². The molecule has 0 bridgehead atoms. The molecule has 0 aromatic rings. The molecule has 2 aliphatic carbocycles. The van der Waals surface area contributed by atoms with Gasteiger partial charge in [0.25, 0.3) is 0 Å². The van der Waals surface area contributed by atoms with E-state index in [1.54, 1.807) is 47.6 Å². The summed E-state index contributed by atoms with van der Waals surface area (Å²) in [5, 5.41) is 11.7. The third kappa shape index (κ3) is 5.27. The van der Waals surface area contributed by atoms with Gasteiger partial charge in [-0.3, -0.25) is 9.59 Å². The Hall–Kier alpha value is -1.69. The zero-order valence-electron chi connectivity index (χ0n) is 18.7. The SMILES string of the molecule is CC(C)(C)OC(=O)/C=C/C[C@@]12CCC[C@H](C(=O)OC(C)(C)C)[C@]1(O)CCCC2=O. The summed E-state index contributed by atoms with van der Waals surface area (Å²) >= 11 is 0. The zero-order valence-corrected chi connectivity index (χ0v) is 18.7. The predicted octanol–water partition coefficient (Wildman–Crippen LogP) is 3.89. The molecular weight excluding hydrogens is 372 g/mol. The molecule has 164 valence electrons. The standard InChI is InChI=1S/C23H36O6/c1-20(2,3)28-18(25)12-9-14-22-13-7-10-16(19(26)29-21(4,5)6)23(22,27)15-8-11-17(22)24/h9,12,16,27H,7-8,10-11,13-15H2,1-6H3/b12-9+/t16-,22-,23-/m1/s1. The molecule has 0 radical (unpaired) electrons. The molecule has 0 heterocycles. The lowest BCUT2D eigenvalue weighted by atomic mass is 9.51. The van der Waals surface area contributed by atoms with Gasteiger partial charge in [0.15, 0.2) is 0 Å². The maximum atomic E-state index is 13.1. The summed E-state index contributed by atoms with van der Waals surface area (Å²) in [6.45, 7) is 10.7. The minimum Gasteiger partial charge on any atom is -0.460 e. The Kier molecular flexibility index (Phi) is 6.68. The van der Waals surface area contributed by atoms with Crippen LogP contribution in [0.15, 0.2) is 12.2 Å². The van der Waals surface area contributed by atoms with Gasteiger partial charge in [-0.1, -0.05) is 12.5 Å². The van der Waals surface area contributed by atoms with Crippen LogP contribution in [0, 0.1) is 11.3 Å². The fourth-order valence-electron chi connectivity index (χ4n) is 4.72. The average molecular weight is 409 g/mol. The fourth-order valence-corrected chi connectivity index (χ4v) is 4.72. The van der Waals surface area contributed by atoms with Gasteiger partial charge in [0.1, 0.15) is 17.0 Å². The Labute approximate surface area is 174 Å². The van der Waals surface area contributed by atoms with E-state index in [0.29, 0.717) is 38.5 Å². The van der Waals surface area contributed by atoms with E-state index < -0.39 is 40.1 Å². The lowest BCUT2D eigenvalue weighted by Gasteiger charge is -2.55. The number of aliphatic hydroxyl groups is 1. The lowest BCUT2D eigenvalue weighted by molar-refractivity contribution is -0.203. The maximum Gasteiger partial charge on any atom is 0.330 e. The number of allylic oxidation sites excluding steroid dienone is 1. The molecule has 0 aliphatic heterocycles. The summed E-state index contributed by atoms with van der Waals surface area (Å²) in [5.41, 5.74) is -3.79.